The Morgan fingerprint density at radius 1 is 0.857 bits per heavy atom. The van der Waals surface area contributed by atoms with Crippen molar-refractivity contribution >= 4 is 17.7 Å². The third-order valence-corrected chi connectivity index (χ3v) is 4.18. The van der Waals surface area contributed by atoms with Crippen LogP contribution in [0.1, 0.15) is 11.1 Å². The smallest absolute Gasteiger partial charge is 0.223 e. The lowest BCUT2D eigenvalue weighted by molar-refractivity contribution is 0.717. The van der Waals surface area contributed by atoms with Gasteiger partial charge in [-0.2, -0.15) is 0 Å². The van der Waals surface area contributed by atoms with Gasteiger partial charge in [0.1, 0.15) is 0 Å². The number of nitrogens with zero attached hydrogens (tertiary/aromatic N) is 3. The van der Waals surface area contributed by atoms with Crippen molar-refractivity contribution in [3.05, 3.63) is 71.8 Å². The molecule has 0 atom stereocenters. The van der Waals surface area contributed by atoms with Gasteiger partial charge in [-0.25, -0.2) is 0 Å². The van der Waals surface area contributed by atoms with Gasteiger partial charge in [0.15, 0.2) is 5.16 Å². The van der Waals surface area contributed by atoms with Gasteiger partial charge in [-0.05, 0) is 11.1 Å². The molecule has 0 unspecified atom stereocenters. The zero-order chi connectivity index (χ0) is 14.5. The van der Waals surface area contributed by atoms with Crippen molar-refractivity contribution in [1.29, 1.82) is 0 Å². The van der Waals surface area contributed by atoms with Crippen LogP contribution in [0, 0.1) is 0 Å². The molecule has 1 aromatic heterocycles. The van der Waals surface area contributed by atoms with Crippen LogP contribution in [0.3, 0.4) is 0 Å². The Balaban J connectivity index is 1.74. The maximum Gasteiger partial charge on any atom is 0.223 e. The van der Waals surface area contributed by atoms with Gasteiger partial charge in [0.25, 0.3) is 0 Å². The number of anilines is 1. The molecule has 0 amide bonds. The highest BCUT2D eigenvalue weighted by Crippen LogP contribution is 2.23. The molecule has 5 heteroatoms. The lowest BCUT2D eigenvalue weighted by atomic mass is 10.2. The minimum Gasteiger partial charge on any atom is -0.368 e. The molecule has 21 heavy (non-hydrogen) atoms. The van der Waals surface area contributed by atoms with Crippen LogP contribution >= 0.6 is 11.8 Å². The average Bonchev–Trinajstić information content (AvgIpc) is 2.88. The number of nitrogens with two attached hydrogens (primary N) is 1. The van der Waals surface area contributed by atoms with Gasteiger partial charge in [-0.15, -0.1) is 10.2 Å². The fourth-order valence-electron chi connectivity index (χ4n) is 2.04. The summed E-state index contributed by atoms with van der Waals surface area (Å²) in [5.74, 6) is 1.31. The van der Waals surface area contributed by atoms with E-state index in [0.717, 1.165) is 10.9 Å². The molecular weight excluding hydrogens is 280 g/mol. The quantitative estimate of drug-likeness (QED) is 0.735. The van der Waals surface area contributed by atoms with Gasteiger partial charge in [0, 0.05) is 5.75 Å². The standard InChI is InChI=1S/C16H16N4S/c17-15-18-19-16(21-12-14-9-5-2-6-10-14)20(15)11-13-7-3-1-4-8-13/h1-10H,11-12H2,(H2,17,18). The molecule has 0 aliphatic carbocycles. The van der Waals surface area contributed by atoms with Gasteiger partial charge < -0.3 is 5.73 Å². The fraction of sp³-hybridized carbons (Fsp3) is 0.125. The largest absolute Gasteiger partial charge is 0.368 e. The van der Waals surface area contributed by atoms with Crippen molar-refractivity contribution in [2.24, 2.45) is 0 Å². The van der Waals surface area contributed by atoms with E-state index < -0.39 is 0 Å². The molecule has 0 saturated carbocycles. The van der Waals surface area contributed by atoms with Crippen molar-refractivity contribution in [2.75, 3.05) is 5.73 Å². The Morgan fingerprint density at radius 3 is 2.14 bits per heavy atom. The summed E-state index contributed by atoms with van der Waals surface area (Å²) >= 11 is 1.65. The molecule has 0 bridgehead atoms. The second kappa shape index (κ2) is 6.45. The summed E-state index contributed by atoms with van der Waals surface area (Å²) < 4.78 is 1.95. The van der Waals surface area contributed by atoms with E-state index in [1.54, 1.807) is 11.8 Å². The first-order valence-corrected chi connectivity index (χ1v) is 7.71. The topological polar surface area (TPSA) is 56.7 Å². The predicted molar refractivity (Wildman–Crippen MR) is 86.0 cm³/mol. The number of benzene rings is 2. The minimum atomic E-state index is 0.453. The molecule has 4 nitrogen and oxygen atoms in total. The number of hydrogen-bond acceptors (Lipinski definition) is 4. The molecule has 0 aliphatic rings. The molecule has 0 fully saturated rings. The molecule has 0 spiro atoms. The van der Waals surface area contributed by atoms with Crippen LogP contribution in [0.25, 0.3) is 0 Å². The second-order valence-electron chi connectivity index (χ2n) is 4.69. The Bertz CT molecular complexity index is 695. The number of rotatable bonds is 5. The highest BCUT2D eigenvalue weighted by Gasteiger charge is 2.10. The maximum absolute atomic E-state index is 5.93. The van der Waals surface area contributed by atoms with Crippen LogP contribution < -0.4 is 5.73 Å². The van der Waals surface area contributed by atoms with Crippen molar-refractivity contribution < 1.29 is 0 Å². The molecule has 3 rings (SSSR count). The zero-order valence-corrected chi connectivity index (χ0v) is 12.3. The van der Waals surface area contributed by atoms with Gasteiger partial charge in [0.2, 0.25) is 5.95 Å². The summed E-state index contributed by atoms with van der Waals surface area (Å²) in [7, 11) is 0. The van der Waals surface area contributed by atoms with Crippen LogP contribution in [-0.4, -0.2) is 14.8 Å². The van der Waals surface area contributed by atoms with Crippen LogP contribution in [0.5, 0.6) is 0 Å². The molecule has 0 radical (unpaired) electrons. The highest BCUT2D eigenvalue weighted by molar-refractivity contribution is 7.98. The molecule has 1 heterocycles. The summed E-state index contributed by atoms with van der Waals surface area (Å²) in [4.78, 5) is 0. The van der Waals surface area contributed by atoms with E-state index in [4.69, 9.17) is 5.73 Å². The first-order valence-electron chi connectivity index (χ1n) is 6.72. The highest BCUT2D eigenvalue weighted by atomic mass is 32.2. The molecular formula is C16H16N4S. The lowest BCUT2D eigenvalue weighted by Gasteiger charge is -2.08. The number of thioether (sulfide) groups is 1. The van der Waals surface area contributed by atoms with E-state index in [1.807, 2.05) is 41.0 Å². The summed E-state index contributed by atoms with van der Waals surface area (Å²) in [6, 6.07) is 20.5. The first-order chi connectivity index (χ1) is 10.3. The van der Waals surface area contributed by atoms with E-state index in [-0.39, 0.29) is 0 Å². The van der Waals surface area contributed by atoms with Gasteiger partial charge in [0.05, 0.1) is 6.54 Å². The van der Waals surface area contributed by atoms with Gasteiger partial charge >= 0.3 is 0 Å². The normalized spacial score (nSPS) is 10.7. The third kappa shape index (κ3) is 3.44. The second-order valence-corrected chi connectivity index (χ2v) is 5.63. The van der Waals surface area contributed by atoms with Gasteiger partial charge in [-0.3, -0.25) is 4.57 Å². The minimum absolute atomic E-state index is 0.453. The fourth-order valence-corrected chi connectivity index (χ4v) is 2.94. The number of hydrogen-bond donors (Lipinski definition) is 1. The molecule has 106 valence electrons. The van der Waals surface area contributed by atoms with Crippen molar-refractivity contribution in [2.45, 2.75) is 17.5 Å². The average molecular weight is 296 g/mol. The zero-order valence-electron chi connectivity index (χ0n) is 11.5. The Kier molecular flexibility index (Phi) is 4.21. The Hall–Kier alpha value is -2.27. The third-order valence-electron chi connectivity index (χ3n) is 3.14. The van der Waals surface area contributed by atoms with E-state index in [2.05, 4.69) is 34.5 Å². The summed E-state index contributed by atoms with van der Waals surface area (Å²) in [5, 5.41) is 9.02. The summed E-state index contributed by atoms with van der Waals surface area (Å²) in [6.07, 6.45) is 0. The van der Waals surface area contributed by atoms with E-state index in [9.17, 15) is 0 Å². The number of nitrogen functional groups attached to an aromatic ring is 1. The van der Waals surface area contributed by atoms with Crippen LogP contribution in [0.15, 0.2) is 65.8 Å². The summed E-state index contributed by atoms with van der Waals surface area (Å²) in [5.41, 5.74) is 8.38. The SMILES string of the molecule is Nc1nnc(SCc2ccccc2)n1Cc1ccccc1. The van der Waals surface area contributed by atoms with Crippen LogP contribution in [0.4, 0.5) is 5.95 Å². The monoisotopic (exact) mass is 296 g/mol. The van der Waals surface area contributed by atoms with Crippen LogP contribution in [0.2, 0.25) is 0 Å². The first kappa shape index (κ1) is 13.7. The summed E-state index contributed by atoms with van der Waals surface area (Å²) in [6.45, 7) is 0.691. The van der Waals surface area contributed by atoms with Crippen molar-refractivity contribution in [3.63, 3.8) is 0 Å². The molecule has 2 aromatic carbocycles. The molecule has 3 aromatic rings. The van der Waals surface area contributed by atoms with E-state index in [0.29, 0.717) is 12.5 Å². The lowest BCUT2D eigenvalue weighted by Crippen LogP contribution is -2.06. The van der Waals surface area contributed by atoms with E-state index in [1.165, 1.54) is 11.1 Å². The predicted octanol–water partition coefficient (Wildman–Crippen LogP) is 3.20. The van der Waals surface area contributed by atoms with Gasteiger partial charge in [-0.1, -0.05) is 72.4 Å². The molecule has 0 saturated heterocycles. The molecule has 2 N–H and O–H groups in total. The van der Waals surface area contributed by atoms with E-state index >= 15 is 0 Å². The Labute approximate surface area is 128 Å². The van der Waals surface area contributed by atoms with Crippen molar-refractivity contribution in [1.82, 2.24) is 14.8 Å². The van der Waals surface area contributed by atoms with Crippen molar-refractivity contribution in [3.8, 4) is 0 Å². The van der Waals surface area contributed by atoms with Crippen LogP contribution in [-0.2, 0) is 12.3 Å². The maximum atomic E-state index is 5.93. The Morgan fingerprint density at radius 2 is 1.48 bits per heavy atom. The number of aromatic nitrogens is 3. The molecule has 0 aliphatic heterocycles.